The highest BCUT2D eigenvalue weighted by Gasteiger charge is 2.40. The minimum absolute atomic E-state index is 0.281. The molecule has 50 heavy (non-hydrogen) atoms. The van der Waals surface area contributed by atoms with Gasteiger partial charge in [0.25, 0.3) is 0 Å². The molecule has 0 spiro atoms. The Morgan fingerprint density at radius 3 is 1.74 bits per heavy atom. The third-order valence-corrected chi connectivity index (χ3v) is 11.1. The van der Waals surface area contributed by atoms with Crippen molar-refractivity contribution in [3.8, 4) is 28.5 Å². The number of hydrogen-bond acceptors (Lipinski definition) is 2. The van der Waals surface area contributed by atoms with Gasteiger partial charge in [-0.1, -0.05) is 141 Å². The average Bonchev–Trinajstić information content (AvgIpc) is 3.61. The molecule has 2 aromatic heterocycles. The van der Waals surface area contributed by atoms with E-state index in [4.69, 9.17) is 9.97 Å². The molecular formula is C47H31N3. The molecule has 0 saturated carbocycles. The molecule has 0 amide bonds. The van der Waals surface area contributed by atoms with Crippen molar-refractivity contribution in [2.45, 2.75) is 19.3 Å². The van der Waals surface area contributed by atoms with E-state index in [1.54, 1.807) is 0 Å². The van der Waals surface area contributed by atoms with Crippen molar-refractivity contribution < 1.29 is 0 Å². The summed E-state index contributed by atoms with van der Waals surface area (Å²) in [5.74, 6) is 0.691. The summed E-state index contributed by atoms with van der Waals surface area (Å²) in [6.45, 7) is 4.64. The Balaban J connectivity index is 1.27. The van der Waals surface area contributed by atoms with Gasteiger partial charge in [0.05, 0.1) is 22.4 Å². The van der Waals surface area contributed by atoms with Crippen LogP contribution >= 0.6 is 0 Å². The molecule has 2 heterocycles. The third-order valence-electron chi connectivity index (χ3n) is 11.1. The van der Waals surface area contributed by atoms with Crippen molar-refractivity contribution in [2.24, 2.45) is 0 Å². The zero-order valence-electron chi connectivity index (χ0n) is 27.8. The quantitative estimate of drug-likeness (QED) is 0.177. The van der Waals surface area contributed by atoms with E-state index >= 15 is 0 Å². The second-order valence-electron chi connectivity index (χ2n) is 14.2. The predicted molar refractivity (Wildman–Crippen MR) is 209 cm³/mol. The Morgan fingerprint density at radius 1 is 0.440 bits per heavy atom. The fraction of sp³-hybridized carbons (Fsp3) is 0.0638. The van der Waals surface area contributed by atoms with E-state index in [1.807, 2.05) is 0 Å². The summed E-state index contributed by atoms with van der Waals surface area (Å²) in [6.07, 6.45) is 0. The zero-order valence-corrected chi connectivity index (χ0v) is 27.8. The average molecular weight is 638 g/mol. The predicted octanol–water partition coefficient (Wildman–Crippen LogP) is 12.2. The maximum absolute atomic E-state index is 5.62. The number of nitrogens with zero attached hydrogens (tertiary/aromatic N) is 3. The van der Waals surface area contributed by atoms with Crippen molar-refractivity contribution in [2.75, 3.05) is 0 Å². The first-order valence-electron chi connectivity index (χ1n) is 17.3. The first-order chi connectivity index (χ1) is 24.6. The second-order valence-corrected chi connectivity index (χ2v) is 14.2. The van der Waals surface area contributed by atoms with Crippen LogP contribution in [0.25, 0.3) is 93.4 Å². The van der Waals surface area contributed by atoms with Crippen LogP contribution in [0.4, 0.5) is 0 Å². The second kappa shape index (κ2) is 9.87. The minimum atomic E-state index is -0.281. The number of rotatable bonds is 2. The Hall–Kier alpha value is -6.32. The Morgan fingerprint density at radius 2 is 1.00 bits per heavy atom. The number of benzene rings is 8. The SMILES string of the molecule is CC1(C)c2ccccc2-c2nc(-n3c4ccccc4c4cc5ccccc5cc43)nc(-c3ccc4c5ccccc5c5ccccc5c4c3)c21. The van der Waals surface area contributed by atoms with Crippen LogP contribution in [0.2, 0.25) is 0 Å². The van der Waals surface area contributed by atoms with Gasteiger partial charge in [-0.3, -0.25) is 4.57 Å². The molecule has 0 bridgehead atoms. The molecule has 0 unspecified atom stereocenters. The Labute approximate surface area is 289 Å². The maximum atomic E-state index is 5.62. The highest BCUT2D eigenvalue weighted by molar-refractivity contribution is 6.25. The van der Waals surface area contributed by atoms with E-state index < -0.39 is 0 Å². The number of para-hydroxylation sites is 1. The standard InChI is InChI=1S/C47H31N3/c1-47(2)40-21-11-9-20-37(40)45-43(47)44(30-23-24-35-33-17-6-5-15-31(33)32-16-7-8-18-34(32)38(35)26-30)48-46(49-45)50-41-22-12-10-19-36(41)39-25-28-13-3-4-14-29(28)27-42(39)50/h3-27H,1-2H3. The molecule has 0 fully saturated rings. The van der Waals surface area contributed by atoms with Crippen molar-refractivity contribution in [1.29, 1.82) is 0 Å². The van der Waals surface area contributed by atoms with Gasteiger partial charge >= 0.3 is 0 Å². The van der Waals surface area contributed by atoms with Crippen LogP contribution < -0.4 is 0 Å². The molecule has 0 radical (unpaired) electrons. The van der Waals surface area contributed by atoms with Crippen molar-refractivity contribution in [3.05, 3.63) is 163 Å². The normalized spacial score (nSPS) is 13.6. The van der Waals surface area contributed by atoms with Crippen molar-refractivity contribution >= 4 is 64.9 Å². The van der Waals surface area contributed by atoms with E-state index in [2.05, 4.69) is 170 Å². The van der Waals surface area contributed by atoms with E-state index in [-0.39, 0.29) is 5.41 Å². The topological polar surface area (TPSA) is 30.7 Å². The van der Waals surface area contributed by atoms with Crippen LogP contribution in [0.3, 0.4) is 0 Å². The highest BCUT2D eigenvalue weighted by Crippen LogP contribution is 2.52. The van der Waals surface area contributed by atoms with Gasteiger partial charge in [-0.15, -0.1) is 0 Å². The van der Waals surface area contributed by atoms with E-state index in [0.29, 0.717) is 5.95 Å². The molecule has 3 nitrogen and oxygen atoms in total. The molecule has 0 N–H and O–H groups in total. The number of aromatic nitrogens is 3. The summed E-state index contributed by atoms with van der Waals surface area (Å²) in [6, 6.07) is 55.1. The van der Waals surface area contributed by atoms with Gasteiger partial charge in [-0.2, -0.15) is 0 Å². The number of hydrogen-bond donors (Lipinski definition) is 0. The van der Waals surface area contributed by atoms with Crippen LogP contribution in [0.5, 0.6) is 0 Å². The summed E-state index contributed by atoms with van der Waals surface area (Å²) >= 11 is 0. The van der Waals surface area contributed by atoms with Gasteiger partial charge in [-0.25, -0.2) is 9.97 Å². The van der Waals surface area contributed by atoms with Crippen LogP contribution in [0, 0.1) is 0 Å². The third kappa shape index (κ3) is 3.64. The van der Waals surface area contributed by atoms with Crippen LogP contribution in [-0.2, 0) is 5.41 Å². The molecule has 0 atom stereocenters. The van der Waals surface area contributed by atoms with E-state index in [1.165, 1.54) is 70.6 Å². The maximum Gasteiger partial charge on any atom is 0.235 e. The van der Waals surface area contributed by atoms with Crippen LogP contribution in [-0.4, -0.2) is 14.5 Å². The van der Waals surface area contributed by atoms with E-state index in [0.717, 1.165) is 28.0 Å². The summed E-state index contributed by atoms with van der Waals surface area (Å²) in [4.78, 5) is 11.1. The van der Waals surface area contributed by atoms with Gasteiger partial charge in [-0.05, 0) is 72.9 Å². The van der Waals surface area contributed by atoms with Crippen LogP contribution in [0.15, 0.2) is 152 Å². The molecule has 1 aliphatic carbocycles. The molecular weight excluding hydrogens is 607 g/mol. The molecule has 234 valence electrons. The van der Waals surface area contributed by atoms with Gasteiger partial charge < -0.3 is 0 Å². The summed E-state index contributed by atoms with van der Waals surface area (Å²) < 4.78 is 2.28. The van der Waals surface area contributed by atoms with Gasteiger partial charge in [0.1, 0.15) is 0 Å². The molecule has 0 saturated heterocycles. The largest absolute Gasteiger partial charge is 0.278 e. The highest BCUT2D eigenvalue weighted by atomic mass is 15.2. The molecule has 3 heteroatoms. The summed E-state index contributed by atoms with van der Waals surface area (Å²) in [5.41, 5.74) is 8.68. The Bertz CT molecular complexity index is 3040. The van der Waals surface area contributed by atoms with Crippen LogP contribution in [0.1, 0.15) is 25.0 Å². The summed E-state index contributed by atoms with van der Waals surface area (Å²) in [7, 11) is 0. The zero-order chi connectivity index (χ0) is 33.1. The van der Waals surface area contributed by atoms with Gasteiger partial charge in [0.15, 0.2) is 0 Å². The molecule has 11 rings (SSSR count). The fourth-order valence-electron chi connectivity index (χ4n) is 8.84. The molecule has 8 aromatic carbocycles. The van der Waals surface area contributed by atoms with Crippen molar-refractivity contribution in [1.82, 2.24) is 14.5 Å². The molecule has 1 aliphatic rings. The fourth-order valence-corrected chi connectivity index (χ4v) is 8.84. The molecule has 10 aromatic rings. The first-order valence-corrected chi connectivity index (χ1v) is 17.3. The lowest BCUT2D eigenvalue weighted by Crippen LogP contribution is -2.18. The van der Waals surface area contributed by atoms with Gasteiger partial charge in [0.2, 0.25) is 5.95 Å². The first kappa shape index (κ1) is 27.6. The molecule has 0 aliphatic heterocycles. The lowest BCUT2D eigenvalue weighted by atomic mass is 9.80. The van der Waals surface area contributed by atoms with Crippen molar-refractivity contribution in [3.63, 3.8) is 0 Å². The smallest absolute Gasteiger partial charge is 0.235 e. The monoisotopic (exact) mass is 637 g/mol. The van der Waals surface area contributed by atoms with Gasteiger partial charge in [0, 0.05) is 32.9 Å². The minimum Gasteiger partial charge on any atom is -0.278 e. The Kier molecular flexibility index (Phi) is 5.45. The lowest BCUT2D eigenvalue weighted by Gasteiger charge is -2.24. The summed E-state index contributed by atoms with van der Waals surface area (Å²) in [5, 5.41) is 12.4. The van der Waals surface area contributed by atoms with E-state index in [9.17, 15) is 0 Å². The number of fused-ring (bicyclic) bond motifs is 13. The lowest BCUT2D eigenvalue weighted by molar-refractivity contribution is 0.657.